The molecule has 3 nitrogen and oxygen atoms in total. The summed E-state index contributed by atoms with van der Waals surface area (Å²) in [4.78, 5) is 0. The number of rotatable bonds is 6. The topological polar surface area (TPSA) is 37.8 Å². The van der Waals surface area contributed by atoms with Gasteiger partial charge in [-0.15, -0.1) is 10.2 Å². The molecule has 0 bridgehead atoms. The van der Waals surface area contributed by atoms with Gasteiger partial charge >= 0.3 is 0 Å². The van der Waals surface area contributed by atoms with Crippen LogP contribution in [-0.2, 0) is 6.42 Å². The van der Waals surface area contributed by atoms with Crippen molar-refractivity contribution in [1.82, 2.24) is 15.5 Å². The van der Waals surface area contributed by atoms with E-state index in [0.717, 1.165) is 29.4 Å². The molecule has 2 aromatic heterocycles. The van der Waals surface area contributed by atoms with Gasteiger partial charge in [0.05, 0.1) is 0 Å². The van der Waals surface area contributed by atoms with Crippen LogP contribution in [0.5, 0.6) is 0 Å². The summed E-state index contributed by atoms with van der Waals surface area (Å²) in [5.74, 6) is 0. The van der Waals surface area contributed by atoms with Crippen molar-refractivity contribution in [3.05, 3.63) is 21.3 Å². The molecule has 2 aromatic rings. The first-order valence-electron chi connectivity index (χ1n) is 6.25. The predicted octanol–water partition coefficient (Wildman–Crippen LogP) is 3.51. The van der Waals surface area contributed by atoms with Gasteiger partial charge in [0.2, 0.25) is 0 Å². The minimum absolute atomic E-state index is 0.559. The first-order valence-corrected chi connectivity index (χ1v) is 8.01. The average molecular weight is 281 g/mol. The molecule has 5 heteroatoms. The largest absolute Gasteiger partial charge is 0.315 e. The van der Waals surface area contributed by atoms with Crippen molar-refractivity contribution in [2.45, 2.75) is 39.7 Å². The van der Waals surface area contributed by atoms with Crippen LogP contribution in [0.1, 0.15) is 30.8 Å². The fourth-order valence-electron chi connectivity index (χ4n) is 1.67. The Morgan fingerprint density at radius 3 is 2.78 bits per heavy atom. The molecule has 0 amide bonds. The molecular weight excluding hydrogens is 262 g/mol. The molecule has 0 saturated heterocycles. The molecule has 18 heavy (non-hydrogen) atoms. The average Bonchev–Trinajstić information content (AvgIpc) is 2.92. The van der Waals surface area contributed by atoms with Crippen molar-refractivity contribution in [3.8, 4) is 10.6 Å². The van der Waals surface area contributed by atoms with Gasteiger partial charge in [-0.3, -0.25) is 0 Å². The third kappa shape index (κ3) is 3.60. The Hall–Kier alpha value is -0.780. The van der Waals surface area contributed by atoms with Crippen LogP contribution in [-0.4, -0.2) is 22.8 Å². The van der Waals surface area contributed by atoms with E-state index in [1.807, 2.05) is 0 Å². The summed E-state index contributed by atoms with van der Waals surface area (Å²) in [7, 11) is 0. The van der Waals surface area contributed by atoms with E-state index < -0.39 is 0 Å². The minimum atomic E-state index is 0.559. The molecule has 0 spiro atoms. The highest BCUT2D eigenvalue weighted by molar-refractivity contribution is 7.15. The summed E-state index contributed by atoms with van der Waals surface area (Å²) in [6.07, 6.45) is 2.13. The van der Waals surface area contributed by atoms with Crippen molar-refractivity contribution in [2.75, 3.05) is 6.54 Å². The Labute approximate surface area is 116 Å². The third-order valence-corrected chi connectivity index (χ3v) is 4.55. The van der Waals surface area contributed by atoms with Crippen LogP contribution < -0.4 is 5.32 Å². The maximum absolute atomic E-state index is 4.29. The van der Waals surface area contributed by atoms with E-state index in [1.54, 1.807) is 22.7 Å². The molecule has 1 N–H and O–H groups in total. The van der Waals surface area contributed by atoms with Crippen LogP contribution in [0.4, 0.5) is 0 Å². The Morgan fingerprint density at radius 2 is 2.11 bits per heavy atom. The maximum Gasteiger partial charge on any atom is 0.148 e. The highest BCUT2D eigenvalue weighted by atomic mass is 32.1. The SMILES string of the molecule is Cc1cscc1-c1nnc(CCCNC(C)C)s1. The fourth-order valence-corrected chi connectivity index (χ4v) is 3.54. The van der Waals surface area contributed by atoms with Crippen molar-refractivity contribution in [3.63, 3.8) is 0 Å². The van der Waals surface area contributed by atoms with Crippen LogP contribution in [0.25, 0.3) is 10.6 Å². The van der Waals surface area contributed by atoms with Gasteiger partial charge < -0.3 is 5.32 Å². The Morgan fingerprint density at radius 1 is 1.28 bits per heavy atom. The number of nitrogens with zero attached hydrogens (tertiary/aromatic N) is 2. The minimum Gasteiger partial charge on any atom is -0.315 e. The Balaban J connectivity index is 1.89. The van der Waals surface area contributed by atoms with E-state index >= 15 is 0 Å². The van der Waals surface area contributed by atoms with E-state index in [1.165, 1.54) is 11.1 Å². The first kappa shape index (κ1) is 13.6. The van der Waals surface area contributed by atoms with Crippen LogP contribution in [0.3, 0.4) is 0 Å². The van der Waals surface area contributed by atoms with E-state index in [0.29, 0.717) is 6.04 Å². The molecule has 98 valence electrons. The number of hydrogen-bond donors (Lipinski definition) is 1. The number of aryl methyl sites for hydroxylation is 2. The normalized spacial score (nSPS) is 11.3. The summed E-state index contributed by atoms with van der Waals surface area (Å²) in [5, 5.41) is 18.5. The van der Waals surface area contributed by atoms with Gasteiger partial charge in [-0.25, -0.2) is 0 Å². The van der Waals surface area contributed by atoms with Crippen molar-refractivity contribution in [1.29, 1.82) is 0 Å². The maximum atomic E-state index is 4.29. The molecule has 0 atom stereocenters. The van der Waals surface area contributed by atoms with Gasteiger partial charge in [0, 0.05) is 23.4 Å². The highest BCUT2D eigenvalue weighted by Crippen LogP contribution is 2.29. The van der Waals surface area contributed by atoms with Crippen LogP contribution in [0.15, 0.2) is 10.8 Å². The molecule has 0 saturated carbocycles. The highest BCUT2D eigenvalue weighted by Gasteiger charge is 2.09. The van der Waals surface area contributed by atoms with E-state index in [4.69, 9.17) is 0 Å². The van der Waals surface area contributed by atoms with Crippen LogP contribution in [0.2, 0.25) is 0 Å². The quantitative estimate of drug-likeness (QED) is 0.823. The molecule has 2 rings (SSSR count). The predicted molar refractivity (Wildman–Crippen MR) is 79.4 cm³/mol. The number of aromatic nitrogens is 2. The lowest BCUT2D eigenvalue weighted by Crippen LogP contribution is -2.23. The molecule has 0 aliphatic carbocycles. The summed E-state index contributed by atoms with van der Waals surface area (Å²) in [5.41, 5.74) is 2.54. The van der Waals surface area contributed by atoms with Gasteiger partial charge in [-0.05, 0) is 30.8 Å². The van der Waals surface area contributed by atoms with E-state index in [9.17, 15) is 0 Å². The standard InChI is InChI=1S/C13H19N3S2/c1-9(2)14-6-4-5-12-15-16-13(18-12)11-8-17-7-10(11)3/h7-9,14H,4-6H2,1-3H3. The lowest BCUT2D eigenvalue weighted by molar-refractivity contribution is 0.569. The second-order valence-corrected chi connectivity index (χ2v) is 6.49. The first-order chi connectivity index (χ1) is 8.66. The molecular formula is C13H19N3S2. The van der Waals surface area contributed by atoms with Gasteiger partial charge in [0.1, 0.15) is 10.0 Å². The molecule has 0 aliphatic heterocycles. The zero-order chi connectivity index (χ0) is 13.0. The number of hydrogen-bond acceptors (Lipinski definition) is 5. The van der Waals surface area contributed by atoms with Crippen LogP contribution in [0, 0.1) is 6.92 Å². The number of nitrogens with one attached hydrogen (secondary N) is 1. The molecule has 0 radical (unpaired) electrons. The second kappa shape index (κ2) is 6.41. The molecule has 0 fully saturated rings. The summed E-state index contributed by atoms with van der Waals surface area (Å²) in [6, 6.07) is 0.559. The third-order valence-electron chi connectivity index (χ3n) is 2.67. The zero-order valence-electron chi connectivity index (χ0n) is 11.1. The van der Waals surface area contributed by atoms with Gasteiger partial charge in [0.15, 0.2) is 0 Å². The lowest BCUT2D eigenvalue weighted by Gasteiger charge is -2.05. The van der Waals surface area contributed by atoms with E-state index in [2.05, 4.69) is 47.0 Å². The lowest BCUT2D eigenvalue weighted by atomic mass is 10.2. The number of thiophene rings is 1. The summed E-state index contributed by atoms with van der Waals surface area (Å²) in [6.45, 7) is 7.51. The van der Waals surface area contributed by atoms with Crippen molar-refractivity contribution in [2.24, 2.45) is 0 Å². The van der Waals surface area contributed by atoms with E-state index in [-0.39, 0.29) is 0 Å². The summed E-state index contributed by atoms with van der Waals surface area (Å²) >= 11 is 3.44. The second-order valence-electron chi connectivity index (χ2n) is 4.68. The molecule has 2 heterocycles. The smallest absolute Gasteiger partial charge is 0.148 e. The zero-order valence-corrected chi connectivity index (χ0v) is 12.7. The Bertz CT molecular complexity index is 488. The monoisotopic (exact) mass is 281 g/mol. The summed E-state index contributed by atoms with van der Waals surface area (Å²) < 4.78 is 0. The molecule has 0 aromatic carbocycles. The molecule has 0 aliphatic rings. The fraction of sp³-hybridized carbons (Fsp3) is 0.538. The van der Waals surface area contributed by atoms with Crippen molar-refractivity contribution >= 4 is 22.7 Å². The molecule has 0 unspecified atom stereocenters. The Kier molecular flexibility index (Phi) is 4.86. The van der Waals surface area contributed by atoms with Gasteiger partial charge in [-0.1, -0.05) is 25.2 Å². The van der Waals surface area contributed by atoms with Gasteiger partial charge in [-0.2, -0.15) is 11.3 Å². The van der Waals surface area contributed by atoms with Crippen LogP contribution >= 0.6 is 22.7 Å². The van der Waals surface area contributed by atoms with Crippen molar-refractivity contribution < 1.29 is 0 Å². The van der Waals surface area contributed by atoms with Gasteiger partial charge in [0.25, 0.3) is 0 Å².